The molecule has 5 nitrogen and oxygen atoms in total. The molecule has 0 spiro atoms. The number of allylic oxidation sites excluding steroid dienone is 1. The highest BCUT2D eigenvalue weighted by atomic mass is 16.6. The molecule has 1 fully saturated rings. The van der Waals surface area contributed by atoms with Gasteiger partial charge in [-0.05, 0) is 38.8 Å². The summed E-state index contributed by atoms with van der Waals surface area (Å²) in [6, 6.07) is 6.86. The van der Waals surface area contributed by atoms with Crippen molar-refractivity contribution in [3.63, 3.8) is 0 Å². The average Bonchev–Trinajstić information content (AvgIpc) is 2.95. The highest BCUT2D eigenvalue weighted by molar-refractivity contribution is 5.95. The minimum absolute atomic E-state index is 0.0414. The molecular weight excluding hydrogens is 320 g/mol. The Morgan fingerprint density at radius 2 is 2.04 bits per heavy atom. The Hall–Kier alpha value is -2.53. The summed E-state index contributed by atoms with van der Waals surface area (Å²) in [6.07, 6.45) is 7.98. The Bertz CT molecular complexity index is 992. The van der Waals surface area contributed by atoms with E-state index < -0.39 is 5.63 Å². The van der Waals surface area contributed by atoms with Gasteiger partial charge in [0.05, 0.1) is 29.4 Å². The molecule has 0 radical (unpaired) electrons. The van der Waals surface area contributed by atoms with Crippen LogP contribution in [-0.2, 0) is 4.74 Å². The van der Waals surface area contributed by atoms with Crippen molar-refractivity contribution in [2.75, 3.05) is 6.61 Å². The second kappa shape index (κ2) is 6.08. The van der Waals surface area contributed by atoms with Gasteiger partial charge < -0.3 is 18.3 Å². The lowest BCUT2D eigenvalue weighted by atomic mass is 10.1. The van der Waals surface area contributed by atoms with Crippen molar-refractivity contribution in [2.24, 2.45) is 0 Å². The summed E-state index contributed by atoms with van der Waals surface area (Å²) in [6.45, 7) is 4.61. The number of ether oxygens (including phenoxy) is 2. The number of epoxide rings is 1. The summed E-state index contributed by atoms with van der Waals surface area (Å²) in [5.74, 6) is 0.519. The fourth-order valence-electron chi connectivity index (χ4n) is 3.02. The van der Waals surface area contributed by atoms with Crippen LogP contribution in [0.15, 0.2) is 56.3 Å². The van der Waals surface area contributed by atoms with Gasteiger partial charge in [-0.15, -0.1) is 0 Å². The molecule has 0 amide bonds. The van der Waals surface area contributed by atoms with E-state index in [-0.39, 0.29) is 5.60 Å². The number of hydrogen-bond donors (Lipinski definition) is 0. The number of fused-ring (bicyclic) bond motifs is 2. The summed E-state index contributed by atoms with van der Waals surface area (Å²) >= 11 is 0. The van der Waals surface area contributed by atoms with Gasteiger partial charge in [-0.1, -0.05) is 12.2 Å². The molecule has 3 aromatic rings. The molecule has 0 bridgehead atoms. The van der Waals surface area contributed by atoms with Gasteiger partial charge in [-0.2, -0.15) is 0 Å². The van der Waals surface area contributed by atoms with Crippen LogP contribution in [0.3, 0.4) is 0 Å². The van der Waals surface area contributed by atoms with E-state index in [1.54, 1.807) is 12.3 Å². The Kier molecular flexibility index (Phi) is 3.88. The molecule has 0 unspecified atom stereocenters. The third kappa shape index (κ3) is 3.33. The zero-order valence-electron chi connectivity index (χ0n) is 14.3. The van der Waals surface area contributed by atoms with Crippen LogP contribution in [0.2, 0.25) is 0 Å². The van der Waals surface area contributed by atoms with Crippen LogP contribution < -0.4 is 10.4 Å². The van der Waals surface area contributed by atoms with Gasteiger partial charge >= 0.3 is 5.63 Å². The average molecular weight is 340 g/mol. The first-order valence-electron chi connectivity index (χ1n) is 8.44. The first-order chi connectivity index (χ1) is 12.0. The molecule has 25 heavy (non-hydrogen) atoms. The van der Waals surface area contributed by atoms with Gasteiger partial charge in [-0.25, -0.2) is 4.79 Å². The maximum Gasteiger partial charge on any atom is 0.339 e. The number of benzene rings is 1. The van der Waals surface area contributed by atoms with Gasteiger partial charge in [0.25, 0.3) is 0 Å². The van der Waals surface area contributed by atoms with Crippen LogP contribution in [0.1, 0.15) is 26.7 Å². The second-order valence-corrected chi connectivity index (χ2v) is 6.81. The maximum absolute atomic E-state index is 11.7. The number of furan rings is 1. The van der Waals surface area contributed by atoms with Crippen LogP contribution in [0.25, 0.3) is 21.9 Å². The lowest BCUT2D eigenvalue weighted by Gasteiger charge is -2.06. The standard InChI is InChI=1S/C20H20O5/c1-20(2)18(25-20)6-4-3-5-8-22-16-12-19(21)24-17-11-15-13(7-9-23-15)10-14(16)17/h3,5,7,9-12,18H,4,6,8H2,1-2H3/b5-3+/t18-/m1/s1. The normalized spacial score (nSPS) is 19.0. The van der Waals surface area contributed by atoms with Crippen LogP contribution >= 0.6 is 0 Å². The molecule has 4 rings (SSSR count). The topological polar surface area (TPSA) is 65.1 Å². The lowest BCUT2D eigenvalue weighted by Crippen LogP contribution is -2.02. The largest absolute Gasteiger partial charge is 0.488 e. The Morgan fingerprint density at radius 1 is 1.20 bits per heavy atom. The van der Waals surface area contributed by atoms with Gasteiger partial charge in [0.1, 0.15) is 23.5 Å². The summed E-state index contributed by atoms with van der Waals surface area (Å²) in [7, 11) is 0. The molecule has 1 aliphatic rings. The van der Waals surface area contributed by atoms with Gasteiger partial charge in [0.15, 0.2) is 0 Å². The minimum atomic E-state index is -0.439. The minimum Gasteiger partial charge on any atom is -0.488 e. The van der Waals surface area contributed by atoms with Crippen LogP contribution in [-0.4, -0.2) is 18.3 Å². The van der Waals surface area contributed by atoms with E-state index in [1.807, 2.05) is 18.2 Å². The smallest absolute Gasteiger partial charge is 0.339 e. The second-order valence-electron chi connectivity index (χ2n) is 6.81. The Labute approximate surface area is 144 Å². The molecule has 5 heteroatoms. The van der Waals surface area contributed by atoms with Crippen molar-refractivity contribution < 1.29 is 18.3 Å². The summed E-state index contributed by atoms with van der Waals surface area (Å²) < 4.78 is 21.9. The van der Waals surface area contributed by atoms with E-state index in [9.17, 15) is 4.79 Å². The monoisotopic (exact) mass is 340 g/mol. The molecule has 0 N–H and O–H groups in total. The van der Waals surface area contributed by atoms with E-state index >= 15 is 0 Å². The van der Waals surface area contributed by atoms with Crippen molar-refractivity contribution in [1.82, 2.24) is 0 Å². The molecule has 1 aliphatic heterocycles. The summed E-state index contributed by atoms with van der Waals surface area (Å²) in [4.78, 5) is 11.7. The van der Waals surface area contributed by atoms with Crippen molar-refractivity contribution >= 4 is 21.9 Å². The molecule has 1 aromatic carbocycles. The molecule has 1 saturated heterocycles. The van der Waals surface area contributed by atoms with Gasteiger partial charge in [-0.3, -0.25) is 0 Å². The highest BCUT2D eigenvalue weighted by Crippen LogP contribution is 2.38. The van der Waals surface area contributed by atoms with E-state index in [0.717, 1.165) is 23.6 Å². The van der Waals surface area contributed by atoms with E-state index in [4.69, 9.17) is 18.3 Å². The third-order valence-corrected chi connectivity index (χ3v) is 4.54. The van der Waals surface area contributed by atoms with E-state index in [2.05, 4.69) is 19.9 Å². The quantitative estimate of drug-likeness (QED) is 0.377. The predicted octanol–water partition coefficient (Wildman–Crippen LogP) is 4.43. The van der Waals surface area contributed by atoms with Gasteiger partial charge in [0, 0.05) is 11.5 Å². The molecule has 2 aromatic heterocycles. The zero-order valence-corrected chi connectivity index (χ0v) is 14.3. The third-order valence-electron chi connectivity index (χ3n) is 4.54. The van der Waals surface area contributed by atoms with Crippen molar-refractivity contribution in [2.45, 2.75) is 38.4 Å². The summed E-state index contributed by atoms with van der Waals surface area (Å²) in [5, 5.41) is 1.70. The fourth-order valence-corrected chi connectivity index (χ4v) is 3.02. The van der Waals surface area contributed by atoms with Crippen molar-refractivity contribution in [3.8, 4) is 5.75 Å². The predicted molar refractivity (Wildman–Crippen MR) is 95.1 cm³/mol. The first kappa shape index (κ1) is 16.0. The lowest BCUT2D eigenvalue weighted by molar-refractivity contribution is 0.320. The molecular formula is C20H20O5. The number of rotatable bonds is 6. The number of hydrogen-bond acceptors (Lipinski definition) is 5. The Balaban J connectivity index is 1.44. The van der Waals surface area contributed by atoms with Crippen molar-refractivity contribution in [3.05, 3.63) is 53.1 Å². The molecule has 3 heterocycles. The SMILES string of the molecule is CC1(C)O[C@@H]1CC/C=C/COc1cc(=O)oc2cc3occc3cc12. The highest BCUT2D eigenvalue weighted by Gasteiger charge is 2.46. The van der Waals surface area contributed by atoms with E-state index in [0.29, 0.717) is 29.6 Å². The molecule has 130 valence electrons. The molecule has 0 saturated carbocycles. The first-order valence-corrected chi connectivity index (χ1v) is 8.44. The molecule has 0 aliphatic carbocycles. The van der Waals surface area contributed by atoms with Crippen LogP contribution in [0.4, 0.5) is 0 Å². The van der Waals surface area contributed by atoms with E-state index in [1.165, 1.54) is 6.07 Å². The Morgan fingerprint density at radius 3 is 2.84 bits per heavy atom. The van der Waals surface area contributed by atoms with Crippen LogP contribution in [0.5, 0.6) is 5.75 Å². The fraction of sp³-hybridized carbons (Fsp3) is 0.350. The van der Waals surface area contributed by atoms with Gasteiger partial charge in [0.2, 0.25) is 0 Å². The van der Waals surface area contributed by atoms with Crippen molar-refractivity contribution in [1.29, 1.82) is 0 Å². The maximum atomic E-state index is 11.7. The zero-order chi connectivity index (χ0) is 17.4. The molecule has 1 atom stereocenters. The van der Waals surface area contributed by atoms with Crippen LogP contribution in [0, 0.1) is 0 Å². The summed E-state index contributed by atoms with van der Waals surface area (Å²) in [5.41, 5.74) is 0.741.